The van der Waals surface area contributed by atoms with Crippen LogP contribution in [0.5, 0.6) is 0 Å². The number of piperidine rings is 1. The number of sulfonamides is 1. The SMILES string of the molecule is CC1(C)CCCNC1CNS(=O)(=O)Cc1ccc(F)cc1. The third-order valence-electron chi connectivity index (χ3n) is 4.11. The monoisotopic (exact) mass is 314 g/mol. The molecule has 1 aromatic carbocycles. The average Bonchev–Trinajstić information content (AvgIpc) is 2.39. The zero-order chi connectivity index (χ0) is 15.5. The summed E-state index contributed by atoms with van der Waals surface area (Å²) in [5.41, 5.74) is 0.663. The van der Waals surface area contributed by atoms with Crippen LogP contribution in [0, 0.1) is 11.2 Å². The fraction of sp³-hybridized carbons (Fsp3) is 0.600. The van der Waals surface area contributed by atoms with E-state index in [1.807, 2.05) is 0 Å². The molecule has 0 bridgehead atoms. The quantitative estimate of drug-likeness (QED) is 0.874. The van der Waals surface area contributed by atoms with Crippen molar-refractivity contribution in [1.82, 2.24) is 10.0 Å². The van der Waals surface area contributed by atoms with Gasteiger partial charge in [0.15, 0.2) is 0 Å². The third kappa shape index (κ3) is 4.76. The van der Waals surface area contributed by atoms with Gasteiger partial charge in [-0.25, -0.2) is 17.5 Å². The molecular formula is C15H23FN2O2S. The van der Waals surface area contributed by atoms with Gasteiger partial charge in [-0.15, -0.1) is 0 Å². The van der Waals surface area contributed by atoms with Crippen LogP contribution in [-0.4, -0.2) is 27.5 Å². The van der Waals surface area contributed by atoms with Crippen LogP contribution in [0.2, 0.25) is 0 Å². The molecule has 1 saturated heterocycles. The predicted molar refractivity (Wildman–Crippen MR) is 81.8 cm³/mol. The number of nitrogens with one attached hydrogen (secondary N) is 2. The lowest BCUT2D eigenvalue weighted by Crippen LogP contribution is -2.52. The Balaban J connectivity index is 1.93. The van der Waals surface area contributed by atoms with Crippen LogP contribution >= 0.6 is 0 Å². The smallest absolute Gasteiger partial charge is 0.215 e. The number of hydrogen-bond acceptors (Lipinski definition) is 3. The van der Waals surface area contributed by atoms with Gasteiger partial charge in [0.2, 0.25) is 10.0 Å². The highest BCUT2D eigenvalue weighted by Crippen LogP contribution is 2.29. The van der Waals surface area contributed by atoms with Crippen LogP contribution in [0.3, 0.4) is 0 Å². The van der Waals surface area contributed by atoms with Crippen LogP contribution in [0.15, 0.2) is 24.3 Å². The van der Waals surface area contributed by atoms with E-state index in [9.17, 15) is 12.8 Å². The molecule has 0 spiro atoms. The van der Waals surface area contributed by atoms with Crippen molar-refractivity contribution in [2.24, 2.45) is 5.41 Å². The van der Waals surface area contributed by atoms with Gasteiger partial charge >= 0.3 is 0 Å². The fourth-order valence-corrected chi connectivity index (χ4v) is 3.83. The minimum atomic E-state index is -3.41. The van der Waals surface area contributed by atoms with Crippen LogP contribution < -0.4 is 10.0 Å². The zero-order valence-corrected chi connectivity index (χ0v) is 13.3. The van der Waals surface area contributed by atoms with Crippen molar-refractivity contribution in [2.45, 2.75) is 38.5 Å². The van der Waals surface area contributed by atoms with E-state index >= 15 is 0 Å². The summed E-state index contributed by atoms with van der Waals surface area (Å²) in [6.07, 6.45) is 2.20. The summed E-state index contributed by atoms with van der Waals surface area (Å²) < 4.78 is 39.7. The summed E-state index contributed by atoms with van der Waals surface area (Å²) in [6.45, 7) is 5.61. The molecule has 1 aliphatic heterocycles. The molecule has 2 rings (SSSR count). The summed E-state index contributed by atoms with van der Waals surface area (Å²) in [7, 11) is -3.41. The summed E-state index contributed by atoms with van der Waals surface area (Å²) >= 11 is 0. The molecule has 0 saturated carbocycles. The zero-order valence-electron chi connectivity index (χ0n) is 12.5. The lowest BCUT2D eigenvalue weighted by atomic mass is 9.78. The Kier molecular flexibility index (Phi) is 5.01. The first-order valence-corrected chi connectivity index (χ1v) is 8.89. The molecule has 0 aliphatic carbocycles. The minimum Gasteiger partial charge on any atom is -0.312 e. The van der Waals surface area contributed by atoms with Gasteiger partial charge in [0.1, 0.15) is 5.82 Å². The number of rotatable bonds is 5. The first-order chi connectivity index (χ1) is 9.78. The van der Waals surface area contributed by atoms with Gasteiger partial charge in [-0.3, -0.25) is 0 Å². The topological polar surface area (TPSA) is 58.2 Å². The maximum Gasteiger partial charge on any atom is 0.215 e. The Hall–Kier alpha value is -0.980. The van der Waals surface area contributed by atoms with Crippen LogP contribution in [-0.2, 0) is 15.8 Å². The van der Waals surface area contributed by atoms with Crippen LogP contribution in [0.25, 0.3) is 0 Å². The maximum atomic E-state index is 12.8. The molecule has 118 valence electrons. The Morgan fingerprint density at radius 2 is 2.00 bits per heavy atom. The molecule has 1 fully saturated rings. The summed E-state index contributed by atoms with van der Waals surface area (Å²) in [5, 5.41) is 3.38. The lowest BCUT2D eigenvalue weighted by Gasteiger charge is -2.39. The average molecular weight is 314 g/mol. The molecule has 1 heterocycles. The van der Waals surface area contributed by atoms with Crippen molar-refractivity contribution in [3.63, 3.8) is 0 Å². The van der Waals surface area contributed by atoms with E-state index in [0.29, 0.717) is 12.1 Å². The van der Waals surface area contributed by atoms with E-state index in [4.69, 9.17) is 0 Å². The summed E-state index contributed by atoms with van der Waals surface area (Å²) in [5.74, 6) is -0.488. The van der Waals surface area contributed by atoms with Gasteiger partial charge in [-0.05, 0) is 42.5 Å². The second-order valence-electron chi connectivity index (χ2n) is 6.33. The van der Waals surface area contributed by atoms with E-state index in [0.717, 1.165) is 19.4 Å². The summed E-state index contributed by atoms with van der Waals surface area (Å²) in [6, 6.07) is 5.68. The minimum absolute atomic E-state index is 0.0800. The normalized spacial score (nSPS) is 22.1. The molecule has 1 unspecified atom stereocenters. The molecule has 1 aromatic rings. The van der Waals surface area contributed by atoms with Crippen molar-refractivity contribution in [3.05, 3.63) is 35.6 Å². The molecule has 0 radical (unpaired) electrons. The highest BCUT2D eigenvalue weighted by Gasteiger charge is 2.32. The third-order valence-corrected chi connectivity index (χ3v) is 5.43. The standard InChI is InChI=1S/C15H23FN2O2S/c1-15(2)8-3-9-17-14(15)10-18-21(19,20)11-12-4-6-13(16)7-5-12/h4-7,14,17-18H,3,8-11H2,1-2H3. The molecule has 0 amide bonds. The van der Waals surface area contributed by atoms with Crippen molar-refractivity contribution >= 4 is 10.0 Å². The van der Waals surface area contributed by atoms with Crippen molar-refractivity contribution in [2.75, 3.05) is 13.1 Å². The second kappa shape index (κ2) is 6.42. The molecule has 1 atom stereocenters. The van der Waals surface area contributed by atoms with Crippen LogP contribution in [0.1, 0.15) is 32.3 Å². The van der Waals surface area contributed by atoms with Crippen molar-refractivity contribution in [1.29, 1.82) is 0 Å². The lowest BCUT2D eigenvalue weighted by molar-refractivity contribution is 0.181. The van der Waals surface area contributed by atoms with Crippen molar-refractivity contribution in [3.8, 4) is 0 Å². The molecule has 4 nitrogen and oxygen atoms in total. The van der Waals surface area contributed by atoms with E-state index in [2.05, 4.69) is 23.9 Å². The van der Waals surface area contributed by atoms with Crippen LogP contribution in [0.4, 0.5) is 4.39 Å². The molecule has 1 aliphatic rings. The van der Waals surface area contributed by atoms with E-state index in [1.54, 1.807) is 0 Å². The highest BCUT2D eigenvalue weighted by atomic mass is 32.2. The van der Waals surface area contributed by atoms with Gasteiger partial charge in [-0.2, -0.15) is 0 Å². The largest absolute Gasteiger partial charge is 0.312 e. The van der Waals surface area contributed by atoms with Gasteiger partial charge in [0, 0.05) is 12.6 Å². The predicted octanol–water partition coefficient (Wildman–Crippen LogP) is 2.02. The molecule has 6 heteroatoms. The van der Waals surface area contributed by atoms with E-state index in [-0.39, 0.29) is 23.0 Å². The van der Waals surface area contributed by atoms with Crippen molar-refractivity contribution < 1.29 is 12.8 Å². The van der Waals surface area contributed by atoms with E-state index < -0.39 is 10.0 Å². The Bertz CT molecular complexity index is 570. The number of benzene rings is 1. The van der Waals surface area contributed by atoms with E-state index in [1.165, 1.54) is 24.3 Å². The maximum absolute atomic E-state index is 12.8. The Morgan fingerprint density at radius 1 is 1.33 bits per heavy atom. The fourth-order valence-electron chi connectivity index (χ4n) is 2.68. The molecular weight excluding hydrogens is 291 g/mol. The van der Waals surface area contributed by atoms with Gasteiger partial charge in [-0.1, -0.05) is 26.0 Å². The van der Waals surface area contributed by atoms with Gasteiger partial charge in [0.05, 0.1) is 5.75 Å². The van der Waals surface area contributed by atoms with Gasteiger partial charge < -0.3 is 5.32 Å². The first kappa shape index (κ1) is 16.4. The molecule has 0 aromatic heterocycles. The number of halogens is 1. The first-order valence-electron chi connectivity index (χ1n) is 7.24. The second-order valence-corrected chi connectivity index (χ2v) is 8.14. The molecule has 2 N–H and O–H groups in total. The number of hydrogen-bond donors (Lipinski definition) is 2. The Morgan fingerprint density at radius 3 is 2.62 bits per heavy atom. The Labute approximate surface area is 126 Å². The van der Waals surface area contributed by atoms with Gasteiger partial charge in [0.25, 0.3) is 0 Å². The summed E-state index contributed by atoms with van der Waals surface area (Å²) in [4.78, 5) is 0. The molecule has 21 heavy (non-hydrogen) atoms. The highest BCUT2D eigenvalue weighted by molar-refractivity contribution is 7.88.